The van der Waals surface area contributed by atoms with Gasteiger partial charge in [-0.2, -0.15) is 0 Å². The molecule has 4 heteroatoms. The normalized spacial score (nSPS) is 9.43. The number of carbonyl (C=O) groups is 1. The fourth-order valence-corrected chi connectivity index (χ4v) is 1.82. The lowest BCUT2D eigenvalue weighted by Gasteiger charge is -2.09. The number of ether oxygens (including phenoxy) is 1. The van der Waals surface area contributed by atoms with Crippen LogP contribution in [0, 0.1) is 11.8 Å². The van der Waals surface area contributed by atoms with Crippen molar-refractivity contribution in [1.82, 2.24) is 0 Å². The molecule has 4 nitrogen and oxygen atoms in total. The maximum Gasteiger partial charge on any atom is 0.255 e. The Morgan fingerprint density at radius 1 is 1.24 bits per heavy atom. The smallest absolute Gasteiger partial charge is 0.255 e. The number of aliphatic hydroxyl groups is 1. The van der Waals surface area contributed by atoms with Gasteiger partial charge in [0, 0.05) is 11.1 Å². The molecule has 0 aliphatic rings. The van der Waals surface area contributed by atoms with E-state index in [0.717, 1.165) is 0 Å². The monoisotopic (exact) mass is 281 g/mol. The number of para-hydroxylation sites is 2. The Kier molecular flexibility index (Phi) is 4.97. The average molecular weight is 281 g/mol. The van der Waals surface area contributed by atoms with Crippen LogP contribution in [0.4, 0.5) is 5.69 Å². The van der Waals surface area contributed by atoms with E-state index < -0.39 is 0 Å². The van der Waals surface area contributed by atoms with E-state index >= 15 is 0 Å². The Morgan fingerprint density at radius 2 is 2.05 bits per heavy atom. The lowest BCUT2D eigenvalue weighted by atomic mass is 10.1. The molecule has 0 aliphatic heterocycles. The van der Waals surface area contributed by atoms with E-state index in [-0.39, 0.29) is 12.5 Å². The number of hydrogen-bond donors (Lipinski definition) is 2. The van der Waals surface area contributed by atoms with Gasteiger partial charge in [0.05, 0.1) is 12.8 Å². The number of rotatable bonds is 3. The molecule has 2 rings (SSSR count). The second-order valence-corrected chi connectivity index (χ2v) is 4.20. The maximum atomic E-state index is 12.2. The zero-order valence-electron chi connectivity index (χ0n) is 11.6. The lowest BCUT2D eigenvalue weighted by molar-refractivity contribution is 0.102. The van der Waals surface area contributed by atoms with Gasteiger partial charge in [0.15, 0.2) is 0 Å². The van der Waals surface area contributed by atoms with Crippen molar-refractivity contribution in [3.05, 3.63) is 59.7 Å². The molecule has 0 bridgehead atoms. The number of methoxy groups -OCH3 is 1. The Hall–Kier alpha value is -2.77. The molecule has 0 aliphatic carbocycles. The highest BCUT2D eigenvalue weighted by Crippen LogP contribution is 2.23. The van der Waals surface area contributed by atoms with Crippen LogP contribution in [-0.2, 0) is 0 Å². The van der Waals surface area contributed by atoms with E-state index in [4.69, 9.17) is 9.84 Å². The van der Waals surface area contributed by atoms with E-state index in [1.165, 1.54) is 0 Å². The lowest BCUT2D eigenvalue weighted by Crippen LogP contribution is -2.12. The minimum absolute atomic E-state index is 0.211. The van der Waals surface area contributed by atoms with Gasteiger partial charge in [-0.05, 0) is 30.3 Å². The Bertz CT molecular complexity index is 698. The van der Waals surface area contributed by atoms with Crippen LogP contribution in [0.25, 0.3) is 0 Å². The molecule has 106 valence electrons. The Balaban J connectivity index is 2.20. The van der Waals surface area contributed by atoms with Gasteiger partial charge >= 0.3 is 0 Å². The van der Waals surface area contributed by atoms with Gasteiger partial charge in [-0.25, -0.2) is 0 Å². The summed E-state index contributed by atoms with van der Waals surface area (Å²) in [5, 5.41) is 11.5. The Labute approximate surface area is 123 Å². The summed E-state index contributed by atoms with van der Waals surface area (Å²) in [5.74, 6) is 5.68. The van der Waals surface area contributed by atoms with Crippen molar-refractivity contribution in [2.24, 2.45) is 0 Å². The first-order chi connectivity index (χ1) is 10.2. The largest absolute Gasteiger partial charge is 0.495 e. The van der Waals surface area contributed by atoms with Gasteiger partial charge in [-0.1, -0.05) is 30.0 Å². The van der Waals surface area contributed by atoms with Crippen LogP contribution in [0.15, 0.2) is 48.5 Å². The molecular weight excluding hydrogens is 266 g/mol. The molecule has 21 heavy (non-hydrogen) atoms. The first-order valence-electron chi connectivity index (χ1n) is 6.38. The highest BCUT2D eigenvalue weighted by molar-refractivity contribution is 6.05. The number of hydrogen-bond acceptors (Lipinski definition) is 3. The molecule has 2 aromatic rings. The van der Waals surface area contributed by atoms with E-state index in [1.807, 2.05) is 12.1 Å². The van der Waals surface area contributed by atoms with Gasteiger partial charge in [0.25, 0.3) is 5.91 Å². The second-order valence-electron chi connectivity index (χ2n) is 4.20. The average Bonchev–Trinajstić information content (AvgIpc) is 2.53. The van der Waals surface area contributed by atoms with Crippen molar-refractivity contribution in [3.63, 3.8) is 0 Å². The number of anilines is 1. The van der Waals surface area contributed by atoms with Crippen molar-refractivity contribution in [2.45, 2.75) is 0 Å². The molecule has 0 saturated heterocycles. The Morgan fingerprint density at radius 3 is 2.81 bits per heavy atom. The topological polar surface area (TPSA) is 58.6 Å². The number of carbonyl (C=O) groups excluding carboxylic acids is 1. The van der Waals surface area contributed by atoms with Crippen LogP contribution in [0.3, 0.4) is 0 Å². The highest BCUT2D eigenvalue weighted by atomic mass is 16.5. The molecule has 0 fully saturated rings. The number of nitrogens with one attached hydrogen (secondary N) is 1. The highest BCUT2D eigenvalue weighted by Gasteiger charge is 2.09. The molecule has 0 aromatic heterocycles. The van der Waals surface area contributed by atoms with E-state index in [2.05, 4.69) is 17.2 Å². The summed E-state index contributed by atoms with van der Waals surface area (Å²) in [4.78, 5) is 12.2. The third-order valence-corrected chi connectivity index (χ3v) is 2.79. The van der Waals surface area contributed by atoms with E-state index in [0.29, 0.717) is 22.6 Å². The fourth-order valence-electron chi connectivity index (χ4n) is 1.82. The van der Waals surface area contributed by atoms with Crippen molar-refractivity contribution < 1.29 is 14.6 Å². The van der Waals surface area contributed by atoms with Gasteiger partial charge in [0.2, 0.25) is 0 Å². The predicted molar refractivity (Wildman–Crippen MR) is 81.4 cm³/mol. The molecule has 0 spiro atoms. The summed E-state index contributed by atoms with van der Waals surface area (Å²) in [7, 11) is 1.55. The second kappa shape index (κ2) is 7.13. The minimum Gasteiger partial charge on any atom is -0.495 e. The molecule has 1 amide bonds. The third-order valence-electron chi connectivity index (χ3n) is 2.79. The van der Waals surface area contributed by atoms with Crippen molar-refractivity contribution in [3.8, 4) is 17.6 Å². The van der Waals surface area contributed by atoms with Gasteiger partial charge in [0.1, 0.15) is 12.4 Å². The fraction of sp³-hybridized carbons (Fsp3) is 0.118. The molecule has 2 N–H and O–H groups in total. The summed E-state index contributed by atoms with van der Waals surface area (Å²) in [5.41, 5.74) is 1.78. The van der Waals surface area contributed by atoms with Crippen LogP contribution < -0.4 is 10.1 Å². The van der Waals surface area contributed by atoms with Crippen LogP contribution in [0.2, 0.25) is 0 Å². The molecule has 0 atom stereocenters. The maximum absolute atomic E-state index is 12.2. The van der Waals surface area contributed by atoms with E-state index in [1.54, 1.807) is 43.5 Å². The third kappa shape index (κ3) is 3.85. The molecular formula is C17H15NO3. The summed E-state index contributed by atoms with van der Waals surface area (Å²) >= 11 is 0. The number of amides is 1. The SMILES string of the molecule is COc1ccccc1NC(=O)c1cccc(C#CCO)c1. The van der Waals surface area contributed by atoms with Crippen LogP contribution in [-0.4, -0.2) is 24.7 Å². The van der Waals surface area contributed by atoms with Gasteiger partial charge < -0.3 is 15.2 Å². The first-order valence-corrected chi connectivity index (χ1v) is 6.38. The first kappa shape index (κ1) is 14.6. The molecule has 0 unspecified atom stereocenters. The van der Waals surface area contributed by atoms with E-state index in [9.17, 15) is 4.79 Å². The molecule has 0 saturated carbocycles. The molecule has 2 aromatic carbocycles. The molecule has 0 radical (unpaired) electrons. The summed E-state index contributed by atoms with van der Waals surface area (Å²) in [6, 6.07) is 14.1. The zero-order valence-corrected chi connectivity index (χ0v) is 11.6. The number of aliphatic hydroxyl groups excluding tert-OH is 1. The van der Waals surface area contributed by atoms with Gasteiger partial charge in [-0.3, -0.25) is 4.79 Å². The summed E-state index contributed by atoms with van der Waals surface area (Å²) < 4.78 is 5.19. The zero-order chi connectivity index (χ0) is 15.1. The number of benzene rings is 2. The van der Waals surface area contributed by atoms with Crippen molar-refractivity contribution in [1.29, 1.82) is 0 Å². The quantitative estimate of drug-likeness (QED) is 0.849. The minimum atomic E-state index is -0.243. The van der Waals surface area contributed by atoms with Crippen molar-refractivity contribution >= 4 is 11.6 Å². The summed E-state index contributed by atoms with van der Waals surface area (Å²) in [6.45, 7) is -0.211. The van der Waals surface area contributed by atoms with Crippen LogP contribution in [0.5, 0.6) is 5.75 Å². The van der Waals surface area contributed by atoms with Gasteiger partial charge in [-0.15, -0.1) is 0 Å². The van der Waals surface area contributed by atoms with Crippen LogP contribution >= 0.6 is 0 Å². The predicted octanol–water partition coefficient (Wildman–Crippen LogP) is 2.29. The standard InChI is InChI=1S/C17H15NO3/c1-21-16-10-3-2-9-15(16)18-17(20)14-8-4-6-13(12-14)7-5-11-19/h2-4,6,8-10,12,19H,11H2,1H3,(H,18,20). The summed E-state index contributed by atoms with van der Waals surface area (Å²) in [6.07, 6.45) is 0. The molecule has 0 heterocycles. The van der Waals surface area contributed by atoms with Crippen molar-refractivity contribution in [2.75, 3.05) is 19.0 Å². The van der Waals surface area contributed by atoms with Crippen LogP contribution in [0.1, 0.15) is 15.9 Å².